The van der Waals surface area contributed by atoms with Gasteiger partial charge in [0, 0.05) is 24.8 Å². The maximum atomic E-state index is 13.7. The van der Waals surface area contributed by atoms with Crippen LogP contribution in [0.15, 0.2) is 18.2 Å². The van der Waals surface area contributed by atoms with Crippen LogP contribution in [0, 0.1) is 5.82 Å². The van der Waals surface area contributed by atoms with Crippen LogP contribution in [0.4, 0.5) is 10.1 Å². The molecule has 4 nitrogen and oxygen atoms in total. The van der Waals surface area contributed by atoms with Gasteiger partial charge < -0.3 is 19.8 Å². The minimum Gasteiger partial charge on any atom is -0.394 e. The van der Waals surface area contributed by atoms with Gasteiger partial charge >= 0.3 is 0 Å². The Morgan fingerprint density at radius 3 is 2.72 bits per heavy atom. The highest BCUT2D eigenvalue weighted by Gasteiger charge is 2.15. The zero-order chi connectivity index (χ0) is 13.5. The number of aliphatic hydroxyl groups excluding tert-OH is 2. The number of aliphatic hydroxyl groups is 2. The largest absolute Gasteiger partial charge is 0.394 e. The first kappa shape index (κ1) is 14.9. The molecule has 0 saturated heterocycles. The molecular formula is C13H20FNO3. The first-order valence-corrected chi connectivity index (χ1v) is 5.94. The molecule has 0 radical (unpaired) electrons. The number of nitrogens with zero attached hydrogens (tertiary/aromatic N) is 1. The second-order valence-corrected chi connectivity index (χ2v) is 4.11. The summed E-state index contributed by atoms with van der Waals surface area (Å²) >= 11 is 0. The van der Waals surface area contributed by atoms with Crippen molar-refractivity contribution in [2.45, 2.75) is 13.0 Å². The molecule has 1 aromatic carbocycles. The van der Waals surface area contributed by atoms with Gasteiger partial charge in [-0.2, -0.15) is 0 Å². The maximum absolute atomic E-state index is 13.7. The van der Waals surface area contributed by atoms with Gasteiger partial charge in [0.15, 0.2) is 0 Å². The molecule has 0 saturated carbocycles. The lowest BCUT2D eigenvalue weighted by Crippen LogP contribution is -2.25. The SMILES string of the molecule is C[C@H](O)c1c(F)cccc1N(C)CCOCCO. The van der Waals surface area contributed by atoms with Gasteiger partial charge in [-0.3, -0.25) is 0 Å². The minimum absolute atomic E-state index is 0.0113. The van der Waals surface area contributed by atoms with E-state index in [0.717, 1.165) is 0 Å². The number of halogens is 1. The average molecular weight is 257 g/mol. The predicted molar refractivity (Wildman–Crippen MR) is 68.2 cm³/mol. The van der Waals surface area contributed by atoms with Crippen molar-refractivity contribution in [3.8, 4) is 0 Å². The maximum Gasteiger partial charge on any atom is 0.131 e. The average Bonchev–Trinajstić information content (AvgIpc) is 2.33. The zero-order valence-corrected chi connectivity index (χ0v) is 10.8. The molecule has 0 spiro atoms. The molecule has 1 atom stereocenters. The first-order chi connectivity index (χ1) is 8.57. The summed E-state index contributed by atoms with van der Waals surface area (Å²) in [6, 6.07) is 4.71. The fourth-order valence-electron chi connectivity index (χ4n) is 1.76. The van der Waals surface area contributed by atoms with E-state index in [1.54, 1.807) is 12.1 Å². The molecule has 1 aromatic rings. The van der Waals surface area contributed by atoms with Gasteiger partial charge in [-0.25, -0.2) is 4.39 Å². The molecule has 0 bridgehead atoms. The van der Waals surface area contributed by atoms with E-state index in [-0.39, 0.29) is 6.61 Å². The van der Waals surface area contributed by atoms with Crippen molar-refractivity contribution >= 4 is 5.69 Å². The Kier molecular flexibility index (Phi) is 6.04. The summed E-state index contributed by atoms with van der Waals surface area (Å²) in [5.41, 5.74) is 0.944. The van der Waals surface area contributed by atoms with E-state index in [1.807, 2.05) is 11.9 Å². The van der Waals surface area contributed by atoms with Gasteiger partial charge in [0.25, 0.3) is 0 Å². The highest BCUT2D eigenvalue weighted by molar-refractivity contribution is 5.54. The highest BCUT2D eigenvalue weighted by atomic mass is 19.1. The third-order valence-corrected chi connectivity index (χ3v) is 2.67. The van der Waals surface area contributed by atoms with E-state index in [9.17, 15) is 9.50 Å². The minimum atomic E-state index is -0.859. The molecule has 102 valence electrons. The van der Waals surface area contributed by atoms with Gasteiger partial charge in [-0.1, -0.05) is 6.07 Å². The van der Waals surface area contributed by atoms with Crippen molar-refractivity contribution in [1.29, 1.82) is 0 Å². The smallest absolute Gasteiger partial charge is 0.131 e. The molecule has 0 aliphatic heterocycles. The molecule has 18 heavy (non-hydrogen) atoms. The lowest BCUT2D eigenvalue weighted by molar-refractivity contribution is 0.0970. The summed E-state index contributed by atoms with van der Waals surface area (Å²) < 4.78 is 18.8. The van der Waals surface area contributed by atoms with Crippen LogP contribution in [-0.4, -0.2) is 43.6 Å². The third kappa shape index (κ3) is 3.94. The van der Waals surface area contributed by atoms with Crippen LogP contribution < -0.4 is 4.90 Å². The summed E-state index contributed by atoms with van der Waals surface area (Å²) in [7, 11) is 1.81. The van der Waals surface area contributed by atoms with E-state index in [2.05, 4.69) is 0 Å². The lowest BCUT2D eigenvalue weighted by atomic mass is 10.1. The number of anilines is 1. The van der Waals surface area contributed by atoms with Crippen LogP contribution in [0.25, 0.3) is 0 Å². The molecule has 2 N–H and O–H groups in total. The molecule has 0 fully saturated rings. The van der Waals surface area contributed by atoms with Crippen molar-refractivity contribution in [1.82, 2.24) is 0 Å². The third-order valence-electron chi connectivity index (χ3n) is 2.67. The van der Waals surface area contributed by atoms with Crippen molar-refractivity contribution < 1.29 is 19.3 Å². The molecule has 0 amide bonds. The van der Waals surface area contributed by atoms with Crippen LogP contribution in [0.5, 0.6) is 0 Å². The van der Waals surface area contributed by atoms with Gasteiger partial charge in [0.1, 0.15) is 5.82 Å². The fraction of sp³-hybridized carbons (Fsp3) is 0.538. The van der Waals surface area contributed by atoms with Crippen molar-refractivity contribution in [2.24, 2.45) is 0 Å². The Labute approximate surface area is 107 Å². The molecular weight excluding hydrogens is 237 g/mol. The molecule has 0 aliphatic rings. The Morgan fingerprint density at radius 2 is 2.11 bits per heavy atom. The van der Waals surface area contributed by atoms with Crippen LogP contribution >= 0.6 is 0 Å². The monoisotopic (exact) mass is 257 g/mol. The zero-order valence-electron chi connectivity index (χ0n) is 10.8. The normalized spacial score (nSPS) is 12.5. The molecule has 1 rings (SSSR count). The van der Waals surface area contributed by atoms with Crippen molar-refractivity contribution in [3.63, 3.8) is 0 Å². The van der Waals surface area contributed by atoms with Gasteiger partial charge in [0.2, 0.25) is 0 Å². The summed E-state index contributed by atoms with van der Waals surface area (Å²) in [5.74, 6) is -0.411. The van der Waals surface area contributed by atoms with E-state index < -0.39 is 11.9 Å². The van der Waals surface area contributed by atoms with Gasteiger partial charge in [-0.15, -0.1) is 0 Å². The summed E-state index contributed by atoms with van der Waals surface area (Å²) in [6.07, 6.45) is -0.859. The number of benzene rings is 1. The Balaban J connectivity index is 2.72. The van der Waals surface area contributed by atoms with Crippen LogP contribution in [0.3, 0.4) is 0 Å². The van der Waals surface area contributed by atoms with E-state index in [4.69, 9.17) is 9.84 Å². The Hall–Kier alpha value is -1.17. The lowest BCUT2D eigenvalue weighted by Gasteiger charge is -2.23. The first-order valence-electron chi connectivity index (χ1n) is 5.94. The second-order valence-electron chi connectivity index (χ2n) is 4.11. The molecule has 0 aliphatic carbocycles. The number of hydrogen-bond donors (Lipinski definition) is 2. The van der Waals surface area contributed by atoms with E-state index in [1.165, 1.54) is 13.0 Å². The molecule has 0 heterocycles. The predicted octanol–water partition coefficient (Wildman–Crippen LogP) is 1.32. The Bertz CT molecular complexity index is 371. The van der Waals surface area contributed by atoms with Crippen LogP contribution in [0.1, 0.15) is 18.6 Å². The van der Waals surface area contributed by atoms with Gasteiger partial charge in [0.05, 0.1) is 25.9 Å². The van der Waals surface area contributed by atoms with E-state index >= 15 is 0 Å². The highest BCUT2D eigenvalue weighted by Crippen LogP contribution is 2.27. The standard InChI is InChI=1S/C13H20FNO3/c1-10(17)13-11(14)4-3-5-12(13)15(2)6-8-18-9-7-16/h3-5,10,16-17H,6-9H2,1-2H3/t10-/m0/s1. The van der Waals surface area contributed by atoms with Crippen LogP contribution in [-0.2, 0) is 4.74 Å². The van der Waals surface area contributed by atoms with E-state index in [0.29, 0.717) is 31.0 Å². The summed E-state index contributed by atoms with van der Waals surface area (Å²) in [6.45, 7) is 2.82. The molecule has 5 heteroatoms. The second kappa shape index (κ2) is 7.31. The Morgan fingerprint density at radius 1 is 1.39 bits per heavy atom. The fourth-order valence-corrected chi connectivity index (χ4v) is 1.76. The number of ether oxygens (including phenoxy) is 1. The number of rotatable bonds is 7. The number of likely N-dealkylation sites (N-methyl/N-ethyl adjacent to an activating group) is 1. The van der Waals surface area contributed by atoms with Crippen molar-refractivity contribution in [2.75, 3.05) is 38.3 Å². The quantitative estimate of drug-likeness (QED) is 0.723. The number of hydrogen-bond acceptors (Lipinski definition) is 4. The molecule has 0 aromatic heterocycles. The molecule has 0 unspecified atom stereocenters. The van der Waals surface area contributed by atoms with Gasteiger partial charge in [-0.05, 0) is 19.1 Å². The summed E-state index contributed by atoms with van der Waals surface area (Å²) in [5, 5.41) is 18.2. The topological polar surface area (TPSA) is 52.9 Å². The summed E-state index contributed by atoms with van der Waals surface area (Å²) in [4.78, 5) is 1.82. The van der Waals surface area contributed by atoms with Crippen LogP contribution in [0.2, 0.25) is 0 Å². The van der Waals surface area contributed by atoms with Crippen molar-refractivity contribution in [3.05, 3.63) is 29.6 Å².